The molecule has 6 atom stereocenters. The number of aliphatic hydroxyl groups excluding tert-OH is 3. The van der Waals surface area contributed by atoms with Crippen LogP contribution in [0.25, 0.3) is 47.9 Å². The summed E-state index contributed by atoms with van der Waals surface area (Å²) >= 11 is 4.13. The molecular formula is C94H86N6O16S3. The van der Waals surface area contributed by atoms with Crippen molar-refractivity contribution >= 4 is 144 Å². The molecule has 606 valence electrons. The molecule has 3 amide bonds. The number of fused-ring (bicyclic) bond motifs is 6. The topological polar surface area (TPSA) is 314 Å². The third-order valence-electron chi connectivity index (χ3n) is 21.1. The summed E-state index contributed by atoms with van der Waals surface area (Å²) in [6, 6.07) is 49.0. The number of aliphatic hydroxyl groups is 3. The van der Waals surface area contributed by atoms with Gasteiger partial charge in [0.2, 0.25) is 0 Å². The summed E-state index contributed by atoms with van der Waals surface area (Å²) in [4.78, 5) is 118. The molecule has 12 aromatic rings. The number of Topliss-reactive ketones (excluding diaryl/α,β-unsaturated/α-hetero) is 3. The van der Waals surface area contributed by atoms with E-state index >= 15 is 0 Å². The van der Waals surface area contributed by atoms with Crippen molar-refractivity contribution in [3.8, 4) is 17.2 Å². The lowest BCUT2D eigenvalue weighted by atomic mass is 9.94. The lowest BCUT2D eigenvalue weighted by Gasteiger charge is -2.23. The maximum Gasteiger partial charge on any atom is 0.301 e. The lowest BCUT2D eigenvalue weighted by molar-refractivity contribution is -0.135. The van der Waals surface area contributed by atoms with Gasteiger partial charge in [0.1, 0.15) is 52.8 Å². The van der Waals surface area contributed by atoms with Gasteiger partial charge < -0.3 is 39.7 Å². The molecule has 9 aromatic carbocycles. The second-order valence-electron chi connectivity index (χ2n) is 30.9. The number of carbonyl (C=O) groups is 8. The second-order valence-corrected chi connectivity index (χ2v) is 33.9. The smallest absolute Gasteiger partial charge is 0.301 e. The molecule has 3 aromatic heterocycles. The van der Waals surface area contributed by atoms with Gasteiger partial charge in [-0.05, 0) is 223 Å². The van der Waals surface area contributed by atoms with Crippen molar-refractivity contribution < 1.29 is 78.1 Å². The number of aliphatic carboxylic acids is 2. The van der Waals surface area contributed by atoms with Crippen LogP contribution in [0, 0.1) is 62.3 Å². The fraction of sp³-hybridized carbons (Fsp3) is 0.245. The minimum atomic E-state index is -0.833. The Morgan fingerprint density at radius 2 is 0.580 bits per heavy atom. The van der Waals surface area contributed by atoms with E-state index in [1.165, 1.54) is 48.7 Å². The van der Waals surface area contributed by atoms with Gasteiger partial charge in [-0.1, -0.05) is 142 Å². The van der Waals surface area contributed by atoms with Crippen LogP contribution in [0.15, 0.2) is 181 Å². The van der Waals surface area contributed by atoms with Crippen LogP contribution in [0.5, 0.6) is 17.2 Å². The summed E-state index contributed by atoms with van der Waals surface area (Å²) in [6.07, 6.45) is 2.31. The standard InChI is InChI=1S/3C30H26N2O4S.2C2H4O2/c3*1-15-5-7-19(8-6-15)26-24(27(33)20-9-10-22-21(14-20)13-18(4)36-22)28(34)29(35)32(26)30-31-25-17(3)11-16(2)12-23(25)37-30;2*1-2(3)4/h3*5-12,14,18,26,33H,13H2,1-4H3;2*1H3,(H,3,4). The van der Waals surface area contributed by atoms with Gasteiger partial charge in [0.25, 0.3) is 29.3 Å². The Bertz CT molecular complexity index is 5710. The van der Waals surface area contributed by atoms with Crippen LogP contribution in [0.3, 0.4) is 0 Å². The fourth-order valence-electron chi connectivity index (χ4n) is 15.8. The molecule has 0 spiro atoms. The number of hydrogen-bond acceptors (Lipinski definition) is 20. The molecule has 0 radical (unpaired) electrons. The molecule has 9 heterocycles. The van der Waals surface area contributed by atoms with Gasteiger partial charge in [-0.2, -0.15) is 0 Å². The summed E-state index contributed by atoms with van der Waals surface area (Å²) in [5, 5.41) is 50.6. The molecular weight excluding hydrogens is 1570 g/mol. The number of carboxylic acids is 2. The van der Waals surface area contributed by atoms with Crippen molar-refractivity contribution in [3.63, 3.8) is 0 Å². The van der Waals surface area contributed by atoms with Crippen LogP contribution >= 0.6 is 34.0 Å². The zero-order valence-corrected chi connectivity index (χ0v) is 70.3. The van der Waals surface area contributed by atoms with E-state index in [2.05, 4.69) is 18.2 Å². The number of anilines is 3. The number of benzene rings is 9. The number of thiazole rings is 3. The van der Waals surface area contributed by atoms with E-state index in [9.17, 15) is 44.1 Å². The quantitative estimate of drug-likeness (QED) is 0.0509. The van der Waals surface area contributed by atoms with Gasteiger partial charge in [-0.25, -0.2) is 15.0 Å². The van der Waals surface area contributed by atoms with Crippen LogP contribution in [-0.2, 0) is 57.6 Å². The number of nitrogens with zero attached hydrogens (tertiary/aromatic N) is 6. The fourth-order valence-corrected chi connectivity index (χ4v) is 19.3. The van der Waals surface area contributed by atoms with Crippen LogP contribution in [-0.4, -0.2) is 106 Å². The molecule has 6 aliphatic heterocycles. The number of amides is 3. The molecule has 5 N–H and O–H groups in total. The number of ketones is 3. The molecule has 0 saturated carbocycles. The first kappa shape index (κ1) is 82.6. The third kappa shape index (κ3) is 16.5. The molecule has 0 aliphatic carbocycles. The van der Waals surface area contributed by atoms with Crippen LogP contribution in [0.4, 0.5) is 15.4 Å². The van der Waals surface area contributed by atoms with Crippen molar-refractivity contribution in [1.82, 2.24) is 15.0 Å². The van der Waals surface area contributed by atoms with E-state index in [1.54, 1.807) is 18.2 Å². The number of carboxylic acid groups (broad SMARTS) is 2. The highest BCUT2D eigenvalue weighted by Crippen LogP contribution is 2.50. The zero-order valence-electron chi connectivity index (χ0n) is 67.8. The second kappa shape index (κ2) is 33.2. The van der Waals surface area contributed by atoms with Gasteiger partial charge in [-0.15, -0.1) is 0 Å². The lowest BCUT2D eigenvalue weighted by Crippen LogP contribution is -2.29. The number of aromatic nitrogens is 3. The molecule has 25 heteroatoms. The molecule has 22 nitrogen and oxygen atoms in total. The van der Waals surface area contributed by atoms with Gasteiger partial charge in [0.05, 0.1) is 65.5 Å². The number of rotatable bonds is 9. The summed E-state index contributed by atoms with van der Waals surface area (Å²) < 4.78 is 20.2. The molecule has 119 heavy (non-hydrogen) atoms. The number of hydrogen-bond donors (Lipinski definition) is 5. The Hall–Kier alpha value is -13.0. The average molecular weight is 1650 g/mol. The maximum absolute atomic E-state index is 13.5. The summed E-state index contributed by atoms with van der Waals surface area (Å²) in [5.41, 5.74) is 18.7. The predicted molar refractivity (Wildman–Crippen MR) is 462 cm³/mol. The number of carbonyl (C=O) groups excluding carboxylic acids is 6. The van der Waals surface area contributed by atoms with E-state index in [4.69, 9.17) is 49.0 Å². The first-order valence-corrected chi connectivity index (χ1v) is 41.1. The van der Waals surface area contributed by atoms with Gasteiger partial charge in [0, 0.05) is 49.8 Å². The van der Waals surface area contributed by atoms with E-state index in [-0.39, 0.29) is 52.3 Å². The van der Waals surface area contributed by atoms with E-state index in [1.807, 2.05) is 210 Å². The molecule has 3 saturated heterocycles. The van der Waals surface area contributed by atoms with Crippen molar-refractivity contribution in [1.29, 1.82) is 0 Å². The summed E-state index contributed by atoms with van der Waals surface area (Å²) in [7, 11) is 0. The van der Waals surface area contributed by atoms with E-state index in [0.717, 1.165) is 164 Å². The van der Waals surface area contributed by atoms with Crippen molar-refractivity contribution in [2.24, 2.45) is 0 Å². The Kier molecular flexibility index (Phi) is 23.0. The normalized spacial score (nSPS) is 19.5. The van der Waals surface area contributed by atoms with Crippen LogP contribution in [0.1, 0.15) is 153 Å². The van der Waals surface area contributed by atoms with Crippen molar-refractivity contribution in [2.75, 3.05) is 14.7 Å². The Labute approximate surface area is 698 Å². The Morgan fingerprint density at radius 3 is 0.815 bits per heavy atom. The number of ether oxygens (including phenoxy) is 3. The monoisotopic (exact) mass is 1650 g/mol. The SMILES string of the molecule is CC(=O)O.CC(=O)O.Cc1ccc(C2C(=C(O)c3ccc4c(c3)CC(C)O4)C(=O)C(=O)N2c2nc3c(C)cc(C)cc3s2)cc1.Cc1ccc(C2C(=C(O)c3ccc4c(c3)CC(C)O4)C(=O)C(=O)N2c2nc3c(C)cc(C)cc3s2)cc1.Cc1ccc(C2C(=C(O)c3ccc4c(c3)CC(C)O4)C(=O)C(=O)N2c2nc3c(C)cc(C)cc3s2)cc1. The predicted octanol–water partition coefficient (Wildman–Crippen LogP) is 18.7. The van der Waals surface area contributed by atoms with E-state index < -0.39 is 65.1 Å². The highest BCUT2D eigenvalue weighted by atomic mass is 32.1. The summed E-state index contributed by atoms with van der Waals surface area (Å²) in [5.74, 6) is -4.16. The first-order chi connectivity index (χ1) is 56.6. The Balaban J connectivity index is 0.000000140. The largest absolute Gasteiger partial charge is 0.507 e. The molecule has 6 unspecified atom stereocenters. The summed E-state index contributed by atoms with van der Waals surface area (Å²) in [6.45, 7) is 26.1. The minimum absolute atomic E-state index is 0.0525. The van der Waals surface area contributed by atoms with Gasteiger partial charge in [-0.3, -0.25) is 53.1 Å². The zero-order chi connectivity index (χ0) is 85.2. The third-order valence-corrected chi connectivity index (χ3v) is 24.1. The average Bonchev–Trinajstić information content (AvgIpc) is 1.59. The van der Waals surface area contributed by atoms with Crippen molar-refractivity contribution in [2.45, 2.75) is 153 Å². The minimum Gasteiger partial charge on any atom is -0.507 e. The van der Waals surface area contributed by atoms with Gasteiger partial charge in [0.15, 0.2) is 15.4 Å². The van der Waals surface area contributed by atoms with Gasteiger partial charge >= 0.3 is 17.7 Å². The Morgan fingerprint density at radius 1 is 0.345 bits per heavy atom. The van der Waals surface area contributed by atoms with Crippen LogP contribution < -0.4 is 28.9 Å². The molecule has 3 fully saturated rings. The molecule has 18 rings (SSSR count). The highest BCUT2D eigenvalue weighted by Gasteiger charge is 2.52. The molecule has 0 bridgehead atoms. The van der Waals surface area contributed by atoms with Crippen LogP contribution in [0.2, 0.25) is 0 Å². The van der Waals surface area contributed by atoms with Crippen molar-refractivity contribution in [3.05, 3.63) is 281 Å². The highest BCUT2D eigenvalue weighted by molar-refractivity contribution is 7.23. The maximum atomic E-state index is 13.5. The molecule has 6 aliphatic rings. The number of aryl methyl sites for hydroxylation is 9. The van der Waals surface area contributed by atoms with E-state index in [0.29, 0.717) is 32.1 Å². The first-order valence-electron chi connectivity index (χ1n) is 38.6.